The minimum Gasteiger partial charge on any atom is -0.335 e. The third-order valence-electron chi connectivity index (χ3n) is 6.56. The van der Waals surface area contributed by atoms with Crippen molar-refractivity contribution >= 4 is 16.9 Å². The van der Waals surface area contributed by atoms with E-state index in [1.165, 1.54) is 6.42 Å². The van der Waals surface area contributed by atoms with Gasteiger partial charge in [-0.05, 0) is 62.9 Å². The SMILES string of the molecule is CCCN(C(=O)NC1CCCCC1)C(C)c1nc2ccccc2c(=O)n1-c1cccc(C)c1. The van der Waals surface area contributed by atoms with Crippen LogP contribution in [0.2, 0.25) is 0 Å². The zero-order valence-electron chi connectivity index (χ0n) is 19.9. The molecule has 4 rings (SSSR count). The van der Waals surface area contributed by atoms with Gasteiger partial charge in [0.1, 0.15) is 5.82 Å². The van der Waals surface area contributed by atoms with Crippen LogP contribution < -0.4 is 10.9 Å². The summed E-state index contributed by atoms with van der Waals surface area (Å²) in [6.07, 6.45) is 6.45. The maximum absolute atomic E-state index is 13.6. The van der Waals surface area contributed by atoms with Crippen molar-refractivity contribution in [1.29, 1.82) is 0 Å². The first-order valence-electron chi connectivity index (χ1n) is 12.2. The van der Waals surface area contributed by atoms with Crippen molar-refractivity contribution in [2.45, 2.75) is 71.4 Å². The number of para-hydroxylation sites is 1. The third-order valence-corrected chi connectivity index (χ3v) is 6.56. The van der Waals surface area contributed by atoms with Gasteiger partial charge in [-0.1, -0.05) is 50.5 Å². The highest BCUT2D eigenvalue weighted by atomic mass is 16.2. The van der Waals surface area contributed by atoms with Crippen LogP contribution in [-0.4, -0.2) is 33.1 Å². The molecule has 1 aliphatic rings. The monoisotopic (exact) mass is 446 g/mol. The smallest absolute Gasteiger partial charge is 0.318 e. The number of fused-ring (bicyclic) bond motifs is 1. The molecule has 0 saturated heterocycles. The summed E-state index contributed by atoms with van der Waals surface area (Å²) in [6, 6.07) is 15.1. The molecule has 0 bridgehead atoms. The number of nitrogens with zero attached hydrogens (tertiary/aromatic N) is 3. The number of aromatic nitrogens is 2. The van der Waals surface area contributed by atoms with Crippen LogP contribution in [0.15, 0.2) is 53.3 Å². The molecule has 1 N–H and O–H groups in total. The molecule has 3 aromatic rings. The van der Waals surface area contributed by atoms with Gasteiger partial charge in [-0.25, -0.2) is 9.78 Å². The Kier molecular flexibility index (Phi) is 7.11. The summed E-state index contributed by atoms with van der Waals surface area (Å²) in [4.78, 5) is 33.7. The zero-order valence-corrected chi connectivity index (χ0v) is 19.9. The zero-order chi connectivity index (χ0) is 23.4. The van der Waals surface area contributed by atoms with E-state index >= 15 is 0 Å². The molecule has 2 aromatic carbocycles. The lowest BCUT2D eigenvalue weighted by molar-refractivity contribution is 0.169. The van der Waals surface area contributed by atoms with Crippen LogP contribution in [0, 0.1) is 6.92 Å². The quantitative estimate of drug-likeness (QED) is 0.543. The number of rotatable bonds is 6. The Morgan fingerprint density at radius 1 is 1.15 bits per heavy atom. The van der Waals surface area contributed by atoms with Gasteiger partial charge >= 0.3 is 6.03 Å². The Bertz CT molecular complexity index is 1180. The number of aryl methyl sites for hydroxylation is 1. The number of urea groups is 1. The molecule has 1 saturated carbocycles. The first kappa shape index (κ1) is 23.0. The molecule has 0 spiro atoms. The van der Waals surface area contributed by atoms with Crippen LogP contribution in [0.5, 0.6) is 0 Å². The summed E-state index contributed by atoms with van der Waals surface area (Å²) in [5.41, 5.74) is 2.37. The van der Waals surface area contributed by atoms with Crippen molar-refractivity contribution < 1.29 is 4.79 Å². The second kappa shape index (κ2) is 10.2. The molecule has 6 nitrogen and oxygen atoms in total. The number of carbonyl (C=O) groups excluding carboxylic acids is 1. The van der Waals surface area contributed by atoms with Gasteiger partial charge in [0.15, 0.2) is 0 Å². The highest BCUT2D eigenvalue weighted by molar-refractivity contribution is 5.78. The first-order valence-corrected chi connectivity index (χ1v) is 12.2. The van der Waals surface area contributed by atoms with Crippen LogP contribution in [0.4, 0.5) is 4.79 Å². The number of benzene rings is 2. The molecule has 2 amide bonds. The Morgan fingerprint density at radius 2 is 1.91 bits per heavy atom. The molecular weight excluding hydrogens is 412 g/mol. The van der Waals surface area contributed by atoms with Crippen molar-refractivity contribution in [3.8, 4) is 5.69 Å². The number of nitrogens with one attached hydrogen (secondary N) is 1. The van der Waals surface area contributed by atoms with Gasteiger partial charge in [-0.2, -0.15) is 0 Å². The van der Waals surface area contributed by atoms with Crippen LogP contribution in [0.25, 0.3) is 16.6 Å². The molecule has 1 fully saturated rings. The van der Waals surface area contributed by atoms with Crippen LogP contribution in [-0.2, 0) is 0 Å². The molecule has 6 heteroatoms. The maximum atomic E-state index is 13.6. The van der Waals surface area contributed by atoms with E-state index in [0.29, 0.717) is 23.3 Å². The minimum absolute atomic E-state index is 0.0746. The van der Waals surface area contributed by atoms with E-state index in [1.807, 2.05) is 67.3 Å². The van der Waals surface area contributed by atoms with Gasteiger partial charge in [0.25, 0.3) is 5.56 Å². The topological polar surface area (TPSA) is 67.2 Å². The summed E-state index contributed by atoms with van der Waals surface area (Å²) >= 11 is 0. The Balaban J connectivity index is 1.79. The van der Waals surface area contributed by atoms with Gasteiger partial charge < -0.3 is 10.2 Å². The van der Waals surface area contributed by atoms with Crippen LogP contribution in [0.3, 0.4) is 0 Å². The van der Waals surface area contributed by atoms with E-state index < -0.39 is 0 Å². The lowest BCUT2D eigenvalue weighted by Gasteiger charge is -2.33. The van der Waals surface area contributed by atoms with Gasteiger partial charge in [0.2, 0.25) is 0 Å². The van der Waals surface area contributed by atoms with E-state index in [0.717, 1.165) is 43.4 Å². The predicted octanol–water partition coefficient (Wildman–Crippen LogP) is 5.51. The van der Waals surface area contributed by atoms with Crippen molar-refractivity contribution in [3.63, 3.8) is 0 Å². The second-order valence-corrected chi connectivity index (χ2v) is 9.12. The third kappa shape index (κ3) is 4.95. The summed E-state index contributed by atoms with van der Waals surface area (Å²) in [5.74, 6) is 0.580. The largest absolute Gasteiger partial charge is 0.335 e. The fourth-order valence-corrected chi connectivity index (χ4v) is 4.80. The van der Waals surface area contributed by atoms with E-state index in [4.69, 9.17) is 4.98 Å². The molecule has 1 unspecified atom stereocenters. The summed E-state index contributed by atoms with van der Waals surface area (Å²) in [7, 11) is 0. The normalized spacial score (nSPS) is 15.4. The van der Waals surface area contributed by atoms with Gasteiger partial charge in [0, 0.05) is 12.6 Å². The van der Waals surface area contributed by atoms with Gasteiger partial charge in [0.05, 0.1) is 22.6 Å². The number of carbonyl (C=O) groups is 1. The highest BCUT2D eigenvalue weighted by Crippen LogP contribution is 2.24. The molecule has 1 heterocycles. The first-order chi connectivity index (χ1) is 16.0. The predicted molar refractivity (Wildman–Crippen MR) is 133 cm³/mol. The Labute approximate surface area is 195 Å². The standard InChI is InChI=1S/C27H34N4O2/c1-4-17-30(27(33)28-21-12-6-5-7-13-21)20(3)25-29-24-16-9-8-15-23(24)26(32)31(25)22-14-10-11-19(2)18-22/h8-11,14-16,18,20-21H,4-7,12-13,17H2,1-3H3,(H,28,33). The second-order valence-electron chi connectivity index (χ2n) is 9.12. The van der Waals surface area contributed by atoms with E-state index in [2.05, 4.69) is 12.2 Å². The number of amides is 2. The average molecular weight is 447 g/mol. The van der Waals surface area contributed by atoms with E-state index in [1.54, 1.807) is 4.57 Å². The molecular formula is C27H34N4O2. The lowest BCUT2D eigenvalue weighted by atomic mass is 9.96. The summed E-state index contributed by atoms with van der Waals surface area (Å²) in [6.45, 7) is 6.64. The van der Waals surface area contributed by atoms with E-state index in [9.17, 15) is 9.59 Å². The molecule has 1 aromatic heterocycles. The Hall–Kier alpha value is -3.15. The molecule has 1 aliphatic carbocycles. The van der Waals surface area contributed by atoms with Gasteiger partial charge in [-0.3, -0.25) is 9.36 Å². The summed E-state index contributed by atoms with van der Waals surface area (Å²) in [5, 5.41) is 3.82. The van der Waals surface area contributed by atoms with Crippen molar-refractivity contribution in [3.05, 3.63) is 70.3 Å². The molecule has 33 heavy (non-hydrogen) atoms. The highest BCUT2D eigenvalue weighted by Gasteiger charge is 2.28. The van der Waals surface area contributed by atoms with Crippen LogP contribution >= 0.6 is 0 Å². The molecule has 174 valence electrons. The fraction of sp³-hybridized carbons (Fsp3) is 0.444. The van der Waals surface area contributed by atoms with Crippen molar-refractivity contribution in [2.75, 3.05) is 6.54 Å². The molecule has 0 radical (unpaired) electrons. The maximum Gasteiger partial charge on any atom is 0.318 e. The van der Waals surface area contributed by atoms with Crippen LogP contribution in [0.1, 0.15) is 69.8 Å². The lowest BCUT2D eigenvalue weighted by Crippen LogP contribution is -2.47. The number of hydrogen-bond donors (Lipinski definition) is 1. The average Bonchev–Trinajstić information content (AvgIpc) is 2.82. The molecule has 0 aliphatic heterocycles. The van der Waals surface area contributed by atoms with Crippen molar-refractivity contribution in [2.24, 2.45) is 0 Å². The molecule has 1 atom stereocenters. The fourth-order valence-electron chi connectivity index (χ4n) is 4.80. The van der Waals surface area contributed by atoms with Gasteiger partial charge in [-0.15, -0.1) is 0 Å². The van der Waals surface area contributed by atoms with E-state index in [-0.39, 0.29) is 23.7 Å². The Morgan fingerprint density at radius 3 is 2.64 bits per heavy atom. The number of hydrogen-bond acceptors (Lipinski definition) is 3. The van der Waals surface area contributed by atoms with Crippen molar-refractivity contribution in [1.82, 2.24) is 19.8 Å². The minimum atomic E-state index is -0.369. The summed E-state index contributed by atoms with van der Waals surface area (Å²) < 4.78 is 1.68.